The Morgan fingerprint density at radius 1 is 1.47 bits per heavy atom. The van der Waals surface area contributed by atoms with Gasteiger partial charge in [-0.1, -0.05) is 37.6 Å². The van der Waals surface area contributed by atoms with Crippen LogP contribution in [-0.4, -0.2) is 29.6 Å². The molecule has 1 aliphatic heterocycles. The molecule has 0 unspecified atom stereocenters. The first-order chi connectivity index (χ1) is 9.05. The molecule has 1 fully saturated rings. The molecule has 104 valence electrons. The Morgan fingerprint density at radius 3 is 2.89 bits per heavy atom. The second-order valence-electron chi connectivity index (χ2n) is 6.00. The minimum absolute atomic E-state index is 0.211. The van der Waals surface area contributed by atoms with Crippen molar-refractivity contribution in [2.75, 3.05) is 19.6 Å². The predicted octanol–water partition coefficient (Wildman–Crippen LogP) is 3.71. The van der Waals surface area contributed by atoms with Gasteiger partial charge >= 0.3 is 0 Å². The molecule has 0 spiro atoms. The van der Waals surface area contributed by atoms with Gasteiger partial charge in [-0.2, -0.15) is 0 Å². The minimum atomic E-state index is 0.211. The van der Waals surface area contributed by atoms with Gasteiger partial charge in [0.25, 0.3) is 0 Å². The molecule has 2 nitrogen and oxygen atoms in total. The van der Waals surface area contributed by atoms with E-state index < -0.39 is 0 Å². The molecule has 19 heavy (non-hydrogen) atoms. The quantitative estimate of drug-likeness (QED) is 0.815. The number of aromatic hydroxyl groups is 1. The summed E-state index contributed by atoms with van der Waals surface area (Å²) < 4.78 is 0. The SMILES string of the molecule is C=C(C)CN1CC[C@](CCC)(c2cccc(O)c2)C1. The zero-order valence-corrected chi connectivity index (χ0v) is 12.2. The molecule has 0 saturated carbocycles. The first-order valence-corrected chi connectivity index (χ1v) is 7.22. The molecule has 1 aromatic carbocycles. The van der Waals surface area contributed by atoms with Gasteiger partial charge in [-0.25, -0.2) is 0 Å². The zero-order chi connectivity index (χ0) is 13.9. The summed E-state index contributed by atoms with van der Waals surface area (Å²) in [5, 5.41) is 9.74. The molecule has 0 bridgehead atoms. The second-order valence-corrected chi connectivity index (χ2v) is 6.00. The third kappa shape index (κ3) is 3.19. The highest BCUT2D eigenvalue weighted by Crippen LogP contribution is 2.39. The summed E-state index contributed by atoms with van der Waals surface area (Å²) in [5.41, 5.74) is 2.73. The Morgan fingerprint density at radius 2 is 2.26 bits per heavy atom. The van der Waals surface area contributed by atoms with Crippen molar-refractivity contribution in [3.05, 3.63) is 42.0 Å². The van der Waals surface area contributed by atoms with Crippen molar-refractivity contribution in [3.63, 3.8) is 0 Å². The molecule has 1 N–H and O–H groups in total. The van der Waals surface area contributed by atoms with Crippen LogP contribution < -0.4 is 0 Å². The van der Waals surface area contributed by atoms with E-state index >= 15 is 0 Å². The van der Waals surface area contributed by atoms with Crippen LogP contribution >= 0.6 is 0 Å². The molecule has 0 amide bonds. The van der Waals surface area contributed by atoms with Crippen LogP contribution in [0, 0.1) is 0 Å². The molecule has 2 rings (SSSR count). The van der Waals surface area contributed by atoms with E-state index in [0.717, 1.165) is 19.6 Å². The number of hydrogen-bond donors (Lipinski definition) is 1. The number of phenols is 1. The lowest BCUT2D eigenvalue weighted by atomic mass is 9.76. The van der Waals surface area contributed by atoms with E-state index in [2.05, 4.69) is 31.4 Å². The largest absolute Gasteiger partial charge is 0.508 e. The predicted molar refractivity (Wildman–Crippen MR) is 80.6 cm³/mol. The van der Waals surface area contributed by atoms with Crippen LogP contribution in [0.4, 0.5) is 0 Å². The first kappa shape index (κ1) is 14.1. The third-order valence-corrected chi connectivity index (χ3v) is 4.11. The maximum atomic E-state index is 9.74. The molecule has 0 aromatic heterocycles. The summed E-state index contributed by atoms with van der Waals surface area (Å²) in [5.74, 6) is 0.381. The van der Waals surface area contributed by atoms with Gasteiger partial charge in [0.2, 0.25) is 0 Å². The number of phenolic OH excluding ortho intramolecular Hbond substituents is 1. The van der Waals surface area contributed by atoms with Crippen LogP contribution in [0.1, 0.15) is 38.7 Å². The number of likely N-dealkylation sites (tertiary alicyclic amines) is 1. The first-order valence-electron chi connectivity index (χ1n) is 7.22. The van der Waals surface area contributed by atoms with Crippen LogP contribution in [0.25, 0.3) is 0 Å². The molecule has 0 aliphatic carbocycles. The van der Waals surface area contributed by atoms with Crippen LogP contribution in [0.3, 0.4) is 0 Å². The Kier molecular flexibility index (Phi) is 4.31. The van der Waals surface area contributed by atoms with Gasteiger partial charge in [0.05, 0.1) is 0 Å². The molecular weight excluding hydrogens is 234 g/mol. The normalized spacial score (nSPS) is 23.7. The molecule has 0 radical (unpaired) electrons. The molecule has 1 heterocycles. The Labute approximate surface area is 116 Å². The number of nitrogens with zero attached hydrogens (tertiary/aromatic N) is 1. The van der Waals surface area contributed by atoms with E-state index in [1.165, 1.54) is 30.4 Å². The summed E-state index contributed by atoms with van der Waals surface area (Å²) in [4.78, 5) is 2.49. The minimum Gasteiger partial charge on any atom is -0.508 e. The number of benzene rings is 1. The molecule has 1 atom stereocenters. The van der Waals surface area contributed by atoms with E-state index in [4.69, 9.17) is 0 Å². The second kappa shape index (κ2) is 5.79. The maximum absolute atomic E-state index is 9.74. The highest BCUT2D eigenvalue weighted by Gasteiger charge is 2.38. The lowest BCUT2D eigenvalue weighted by Gasteiger charge is -2.30. The monoisotopic (exact) mass is 259 g/mol. The van der Waals surface area contributed by atoms with E-state index in [1.807, 2.05) is 12.1 Å². The van der Waals surface area contributed by atoms with Gasteiger partial charge in [-0.3, -0.25) is 4.90 Å². The third-order valence-electron chi connectivity index (χ3n) is 4.11. The topological polar surface area (TPSA) is 23.5 Å². The van der Waals surface area contributed by atoms with E-state index in [1.54, 1.807) is 6.07 Å². The van der Waals surface area contributed by atoms with Crippen LogP contribution in [-0.2, 0) is 5.41 Å². The molecule has 1 aromatic rings. The smallest absolute Gasteiger partial charge is 0.115 e. The summed E-state index contributed by atoms with van der Waals surface area (Å²) in [6.07, 6.45) is 3.54. The van der Waals surface area contributed by atoms with Gasteiger partial charge in [0.15, 0.2) is 0 Å². The average Bonchev–Trinajstić information content (AvgIpc) is 2.73. The van der Waals surface area contributed by atoms with E-state index in [0.29, 0.717) is 5.75 Å². The highest BCUT2D eigenvalue weighted by molar-refractivity contribution is 5.34. The van der Waals surface area contributed by atoms with Gasteiger partial charge in [-0.15, -0.1) is 0 Å². The average molecular weight is 259 g/mol. The van der Waals surface area contributed by atoms with Gasteiger partial charge in [0, 0.05) is 18.5 Å². The van der Waals surface area contributed by atoms with Crippen molar-refractivity contribution < 1.29 is 5.11 Å². The maximum Gasteiger partial charge on any atom is 0.115 e. The Bertz CT molecular complexity index is 454. The fraction of sp³-hybridized carbons (Fsp3) is 0.529. The summed E-state index contributed by atoms with van der Waals surface area (Å²) in [7, 11) is 0. The summed E-state index contributed by atoms with van der Waals surface area (Å²) in [6.45, 7) is 11.5. The van der Waals surface area contributed by atoms with Crippen molar-refractivity contribution in [1.82, 2.24) is 4.90 Å². The van der Waals surface area contributed by atoms with E-state index in [-0.39, 0.29) is 5.41 Å². The van der Waals surface area contributed by atoms with Crippen molar-refractivity contribution in [2.45, 2.75) is 38.5 Å². The standard InChI is InChI=1S/C17H25NO/c1-4-8-17(15-6-5-7-16(19)11-15)9-10-18(13-17)12-14(2)3/h5-7,11,19H,2,4,8-10,12-13H2,1,3H3/t17-/m0/s1. The van der Waals surface area contributed by atoms with Crippen LogP contribution in [0.15, 0.2) is 36.4 Å². The summed E-state index contributed by atoms with van der Waals surface area (Å²) in [6, 6.07) is 7.83. The van der Waals surface area contributed by atoms with Crippen LogP contribution in [0.5, 0.6) is 5.75 Å². The molecular formula is C17H25NO. The molecule has 1 saturated heterocycles. The molecule has 2 heteroatoms. The van der Waals surface area contributed by atoms with E-state index in [9.17, 15) is 5.11 Å². The molecule has 1 aliphatic rings. The van der Waals surface area contributed by atoms with Gasteiger partial charge in [-0.05, 0) is 44.0 Å². The van der Waals surface area contributed by atoms with Crippen molar-refractivity contribution in [3.8, 4) is 5.75 Å². The fourth-order valence-corrected chi connectivity index (χ4v) is 3.37. The van der Waals surface area contributed by atoms with Crippen molar-refractivity contribution >= 4 is 0 Å². The lowest BCUT2D eigenvalue weighted by Crippen LogP contribution is -2.31. The summed E-state index contributed by atoms with van der Waals surface area (Å²) >= 11 is 0. The van der Waals surface area contributed by atoms with Gasteiger partial charge < -0.3 is 5.11 Å². The zero-order valence-electron chi connectivity index (χ0n) is 12.2. The van der Waals surface area contributed by atoms with Gasteiger partial charge in [0.1, 0.15) is 5.75 Å². The number of rotatable bonds is 5. The Hall–Kier alpha value is -1.28. The van der Waals surface area contributed by atoms with Crippen LogP contribution in [0.2, 0.25) is 0 Å². The lowest BCUT2D eigenvalue weighted by molar-refractivity contribution is 0.321. The number of hydrogen-bond acceptors (Lipinski definition) is 2. The Balaban J connectivity index is 2.22. The highest BCUT2D eigenvalue weighted by atomic mass is 16.3. The fourth-order valence-electron chi connectivity index (χ4n) is 3.37. The van der Waals surface area contributed by atoms with Crippen molar-refractivity contribution in [1.29, 1.82) is 0 Å². The van der Waals surface area contributed by atoms with Crippen molar-refractivity contribution in [2.24, 2.45) is 0 Å².